The third kappa shape index (κ3) is 2.46. The molecule has 0 radical (unpaired) electrons. The van der Waals surface area contributed by atoms with Crippen LogP contribution in [-0.2, 0) is 16.7 Å². The molecule has 2 saturated heterocycles. The predicted octanol–water partition coefficient (Wildman–Crippen LogP) is 3.19. The van der Waals surface area contributed by atoms with E-state index in [1.165, 1.54) is 34.8 Å². The molecular formula is C15H24N2OS. The molecule has 4 heteroatoms. The Morgan fingerprint density at radius 2 is 2.16 bits per heavy atom. The van der Waals surface area contributed by atoms with Crippen LogP contribution in [0.2, 0.25) is 0 Å². The highest BCUT2D eigenvalue weighted by atomic mass is 32.1. The van der Waals surface area contributed by atoms with Crippen molar-refractivity contribution in [1.29, 1.82) is 0 Å². The van der Waals surface area contributed by atoms with Crippen molar-refractivity contribution in [3.63, 3.8) is 0 Å². The zero-order valence-corrected chi connectivity index (χ0v) is 13.1. The summed E-state index contributed by atoms with van der Waals surface area (Å²) in [6.07, 6.45) is 4.60. The van der Waals surface area contributed by atoms with E-state index in [0.717, 1.165) is 6.54 Å². The summed E-state index contributed by atoms with van der Waals surface area (Å²) in [5.74, 6) is 0.551. The van der Waals surface area contributed by atoms with Crippen molar-refractivity contribution in [2.45, 2.75) is 70.1 Å². The van der Waals surface area contributed by atoms with Crippen LogP contribution in [-0.4, -0.2) is 24.2 Å². The molecular weight excluding hydrogens is 256 g/mol. The standard InChI is InChI=1S/C15H24N2OS/c1-15(2,3)13-12(8-16-4)19-14(17-13)10-7-9-5-6-11(10)18-9/h9-11,16H,5-8H2,1-4H3. The maximum Gasteiger partial charge on any atom is 0.0989 e. The summed E-state index contributed by atoms with van der Waals surface area (Å²) in [5.41, 5.74) is 1.39. The second-order valence-corrected chi connectivity index (χ2v) is 7.94. The normalized spacial score (nSPS) is 30.2. The zero-order chi connectivity index (χ0) is 13.6. The van der Waals surface area contributed by atoms with E-state index in [1.54, 1.807) is 0 Å². The van der Waals surface area contributed by atoms with Crippen molar-refractivity contribution >= 4 is 11.3 Å². The molecule has 1 N–H and O–H groups in total. The van der Waals surface area contributed by atoms with Crippen molar-refractivity contribution < 1.29 is 4.74 Å². The molecule has 19 heavy (non-hydrogen) atoms. The van der Waals surface area contributed by atoms with Gasteiger partial charge in [-0.15, -0.1) is 11.3 Å². The first kappa shape index (κ1) is 13.5. The smallest absolute Gasteiger partial charge is 0.0989 e. The molecule has 2 aliphatic heterocycles. The van der Waals surface area contributed by atoms with Crippen LogP contribution in [0.4, 0.5) is 0 Å². The van der Waals surface area contributed by atoms with Gasteiger partial charge in [0.1, 0.15) is 0 Å². The number of nitrogens with one attached hydrogen (secondary N) is 1. The highest BCUT2D eigenvalue weighted by Gasteiger charge is 2.43. The van der Waals surface area contributed by atoms with Gasteiger partial charge < -0.3 is 10.1 Å². The quantitative estimate of drug-likeness (QED) is 0.923. The molecule has 0 spiro atoms. The summed E-state index contributed by atoms with van der Waals surface area (Å²) in [6.45, 7) is 7.68. The minimum absolute atomic E-state index is 0.124. The van der Waals surface area contributed by atoms with Gasteiger partial charge in [0, 0.05) is 22.8 Å². The lowest BCUT2D eigenvalue weighted by atomic mass is 9.89. The number of rotatable bonds is 3. The van der Waals surface area contributed by atoms with Crippen molar-refractivity contribution in [3.05, 3.63) is 15.6 Å². The van der Waals surface area contributed by atoms with Crippen LogP contribution < -0.4 is 5.32 Å². The van der Waals surface area contributed by atoms with Crippen LogP contribution >= 0.6 is 11.3 Å². The molecule has 3 nitrogen and oxygen atoms in total. The van der Waals surface area contributed by atoms with E-state index in [4.69, 9.17) is 9.72 Å². The molecule has 0 saturated carbocycles. The van der Waals surface area contributed by atoms with Crippen LogP contribution in [0.25, 0.3) is 0 Å². The lowest BCUT2D eigenvalue weighted by Gasteiger charge is -2.18. The van der Waals surface area contributed by atoms with E-state index >= 15 is 0 Å². The first-order chi connectivity index (χ1) is 8.99. The Hall–Kier alpha value is -0.450. The Bertz CT molecular complexity index is 463. The Kier molecular flexibility index (Phi) is 3.44. The highest BCUT2D eigenvalue weighted by Crippen LogP contribution is 2.46. The van der Waals surface area contributed by atoms with Gasteiger partial charge in [0.2, 0.25) is 0 Å². The molecule has 0 aromatic carbocycles. The Balaban J connectivity index is 1.90. The van der Waals surface area contributed by atoms with E-state index < -0.39 is 0 Å². The van der Waals surface area contributed by atoms with Gasteiger partial charge in [-0.05, 0) is 26.3 Å². The minimum atomic E-state index is 0.124. The number of hydrogen-bond donors (Lipinski definition) is 1. The molecule has 2 fully saturated rings. The molecule has 2 bridgehead atoms. The van der Waals surface area contributed by atoms with Crippen LogP contribution in [0.3, 0.4) is 0 Å². The van der Waals surface area contributed by atoms with Gasteiger partial charge in [-0.2, -0.15) is 0 Å². The molecule has 3 rings (SSSR count). The van der Waals surface area contributed by atoms with Gasteiger partial charge >= 0.3 is 0 Å². The first-order valence-corrected chi connectivity index (χ1v) is 8.11. The third-order valence-electron chi connectivity index (χ3n) is 4.18. The summed E-state index contributed by atoms with van der Waals surface area (Å²) < 4.78 is 5.99. The molecule has 3 heterocycles. The van der Waals surface area contributed by atoms with E-state index in [9.17, 15) is 0 Å². The summed E-state index contributed by atoms with van der Waals surface area (Å²) in [6, 6.07) is 0. The monoisotopic (exact) mass is 280 g/mol. The maximum absolute atomic E-state index is 5.99. The van der Waals surface area contributed by atoms with Crippen molar-refractivity contribution in [1.82, 2.24) is 10.3 Å². The summed E-state index contributed by atoms with van der Waals surface area (Å²) in [5, 5.41) is 4.58. The second kappa shape index (κ2) is 4.83. The Morgan fingerprint density at radius 1 is 1.37 bits per heavy atom. The average molecular weight is 280 g/mol. The van der Waals surface area contributed by atoms with Gasteiger partial charge in [-0.25, -0.2) is 4.98 Å². The fraction of sp³-hybridized carbons (Fsp3) is 0.800. The summed E-state index contributed by atoms with van der Waals surface area (Å²) >= 11 is 1.89. The average Bonchev–Trinajstić information content (AvgIpc) is 3.01. The lowest BCUT2D eigenvalue weighted by Crippen LogP contribution is -2.17. The molecule has 0 aliphatic carbocycles. The maximum atomic E-state index is 5.99. The van der Waals surface area contributed by atoms with Gasteiger partial charge in [0.15, 0.2) is 0 Å². The molecule has 1 aromatic heterocycles. The van der Waals surface area contributed by atoms with Crippen LogP contribution in [0, 0.1) is 0 Å². The molecule has 3 unspecified atom stereocenters. The van der Waals surface area contributed by atoms with E-state index in [0.29, 0.717) is 18.1 Å². The fourth-order valence-corrected chi connectivity index (χ4v) is 4.75. The van der Waals surface area contributed by atoms with E-state index in [2.05, 4.69) is 26.1 Å². The number of fused-ring (bicyclic) bond motifs is 2. The molecule has 3 atom stereocenters. The lowest BCUT2D eigenvalue weighted by molar-refractivity contribution is 0.100. The molecule has 106 valence electrons. The number of nitrogens with zero attached hydrogens (tertiary/aromatic N) is 1. The summed E-state index contributed by atoms with van der Waals surface area (Å²) in [7, 11) is 2.01. The number of thiazole rings is 1. The molecule has 1 aromatic rings. The largest absolute Gasteiger partial charge is 0.374 e. The van der Waals surface area contributed by atoms with E-state index in [-0.39, 0.29) is 5.41 Å². The minimum Gasteiger partial charge on any atom is -0.374 e. The fourth-order valence-electron chi connectivity index (χ4n) is 3.29. The highest BCUT2D eigenvalue weighted by molar-refractivity contribution is 7.11. The first-order valence-electron chi connectivity index (χ1n) is 7.29. The van der Waals surface area contributed by atoms with E-state index in [1.807, 2.05) is 18.4 Å². The van der Waals surface area contributed by atoms with Crippen molar-refractivity contribution in [2.24, 2.45) is 0 Å². The van der Waals surface area contributed by atoms with Crippen molar-refractivity contribution in [2.75, 3.05) is 7.05 Å². The zero-order valence-electron chi connectivity index (χ0n) is 12.3. The number of ether oxygens (including phenoxy) is 1. The summed E-state index contributed by atoms with van der Waals surface area (Å²) in [4.78, 5) is 6.40. The van der Waals surface area contributed by atoms with Crippen LogP contribution in [0.1, 0.15) is 61.5 Å². The Morgan fingerprint density at radius 3 is 2.68 bits per heavy atom. The Labute approximate surface area is 119 Å². The van der Waals surface area contributed by atoms with Gasteiger partial charge in [-0.3, -0.25) is 0 Å². The topological polar surface area (TPSA) is 34.1 Å². The van der Waals surface area contributed by atoms with Gasteiger partial charge in [0.25, 0.3) is 0 Å². The van der Waals surface area contributed by atoms with Crippen molar-refractivity contribution in [3.8, 4) is 0 Å². The van der Waals surface area contributed by atoms with Crippen LogP contribution in [0.5, 0.6) is 0 Å². The number of hydrogen-bond acceptors (Lipinski definition) is 4. The third-order valence-corrected chi connectivity index (χ3v) is 5.37. The van der Waals surface area contributed by atoms with Gasteiger partial charge in [0.05, 0.1) is 22.9 Å². The van der Waals surface area contributed by atoms with Gasteiger partial charge in [-0.1, -0.05) is 20.8 Å². The SMILES string of the molecule is CNCc1sc(C2CC3CCC2O3)nc1C(C)(C)C. The molecule has 0 amide bonds. The second-order valence-electron chi connectivity index (χ2n) is 6.82. The molecule has 2 aliphatic rings. The van der Waals surface area contributed by atoms with Crippen LogP contribution in [0.15, 0.2) is 0 Å². The predicted molar refractivity (Wildman–Crippen MR) is 78.8 cm³/mol. The number of aromatic nitrogens is 1.